The van der Waals surface area contributed by atoms with Crippen molar-refractivity contribution in [1.82, 2.24) is 0 Å². The van der Waals surface area contributed by atoms with Gasteiger partial charge in [0.15, 0.2) is 0 Å². The fourth-order valence-corrected chi connectivity index (χ4v) is 60.1. The molecule has 0 atom stereocenters. The van der Waals surface area contributed by atoms with Gasteiger partial charge in [-0.15, -0.1) is 6.71 Å². The first-order valence-corrected chi connectivity index (χ1v) is 18.7. The lowest BCUT2D eigenvalue weighted by Crippen LogP contribution is -2.33. The first kappa shape index (κ1) is 17.3. The molecule has 0 rings (SSSR count). The summed E-state index contributed by atoms with van der Waals surface area (Å²) in [5.74, 6) is 0. The molecule has 0 nitrogen and oxygen atoms in total. The monoisotopic (exact) mass is 294 g/mol. The van der Waals surface area contributed by atoms with Crippen molar-refractivity contribution in [2.75, 3.05) is 0 Å². The van der Waals surface area contributed by atoms with Crippen LogP contribution in [0.3, 0.4) is 0 Å². The van der Waals surface area contributed by atoms with Crippen molar-refractivity contribution in [2.45, 2.75) is 78.3 Å². The van der Waals surface area contributed by atoms with E-state index in [4.69, 9.17) is 0 Å². The Hall–Kier alpha value is 1.29. The highest BCUT2D eigenvalue weighted by Crippen LogP contribution is 2.81. The van der Waals surface area contributed by atoms with E-state index in [0.29, 0.717) is 6.71 Å². The van der Waals surface area contributed by atoms with Crippen LogP contribution in [0.15, 0.2) is 0 Å². The standard InChI is InChI=1S/C12H32P2Si2/c1-11(2)13(12(3)4)14(15(5,6)7)16(8,9)10/h11-12H,1-10H3. The van der Waals surface area contributed by atoms with Crippen LogP contribution < -0.4 is 0 Å². The van der Waals surface area contributed by atoms with E-state index in [2.05, 4.69) is 67.0 Å². The van der Waals surface area contributed by atoms with Gasteiger partial charge in [0.05, 0.1) is 15.5 Å². The van der Waals surface area contributed by atoms with Crippen molar-refractivity contribution < 1.29 is 0 Å². The van der Waals surface area contributed by atoms with E-state index in [1.807, 2.05) is 0 Å². The molecule has 0 aliphatic carbocycles. The molecule has 0 aliphatic rings. The molecular formula is C12H32P2Si2. The summed E-state index contributed by atoms with van der Waals surface area (Å²) >= 11 is 0. The van der Waals surface area contributed by atoms with E-state index in [1.165, 1.54) is 0 Å². The highest BCUT2D eigenvalue weighted by atomic mass is 32.3. The predicted molar refractivity (Wildman–Crippen MR) is 90.8 cm³/mol. The van der Waals surface area contributed by atoms with E-state index in [1.54, 1.807) is 0 Å². The van der Waals surface area contributed by atoms with Crippen molar-refractivity contribution in [2.24, 2.45) is 0 Å². The molecule has 4 heteroatoms. The van der Waals surface area contributed by atoms with E-state index in [0.717, 1.165) is 11.3 Å². The Labute approximate surface area is 108 Å². The predicted octanol–water partition coefficient (Wildman–Crippen LogP) is 6.35. The second-order valence-electron chi connectivity index (χ2n) is 7.22. The maximum Gasteiger partial charge on any atom is 0.0728 e. The summed E-state index contributed by atoms with van der Waals surface area (Å²) in [5, 5.41) is 0. The second-order valence-corrected chi connectivity index (χ2v) is 36.3. The number of rotatable bonds is 5. The van der Waals surface area contributed by atoms with E-state index in [-0.39, 0.29) is 7.61 Å². The molecule has 0 aromatic rings. The molecule has 0 saturated heterocycles. The molecule has 0 spiro atoms. The summed E-state index contributed by atoms with van der Waals surface area (Å²) in [7, 11) is -1.64. The summed E-state index contributed by atoms with van der Waals surface area (Å²) in [4.78, 5) is 0. The molecule has 98 valence electrons. The van der Waals surface area contributed by atoms with Crippen LogP contribution in [0, 0.1) is 0 Å². The Balaban J connectivity index is 5.32. The maximum absolute atomic E-state index is 2.62. The Morgan fingerprint density at radius 1 is 0.625 bits per heavy atom. The summed E-state index contributed by atoms with van der Waals surface area (Å²) in [6, 6.07) is 0. The molecule has 16 heavy (non-hydrogen) atoms. The molecule has 0 saturated carbocycles. The van der Waals surface area contributed by atoms with Gasteiger partial charge in [0.25, 0.3) is 0 Å². The van der Waals surface area contributed by atoms with Gasteiger partial charge < -0.3 is 0 Å². The SMILES string of the molecule is CC(C)P(C(C)C)P([Si](C)(C)C)[Si](C)(C)C. The zero-order valence-electron chi connectivity index (χ0n) is 13.0. The van der Waals surface area contributed by atoms with Crippen molar-refractivity contribution in [3.8, 4) is 0 Å². The third-order valence-corrected chi connectivity index (χ3v) is 46.5. The van der Waals surface area contributed by atoms with Gasteiger partial charge in [0.1, 0.15) is 0 Å². The molecule has 0 N–H and O–H groups in total. The second kappa shape index (κ2) is 5.96. The quantitative estimate of drug-likeness (QED) is 0.409. The van der Waals surface area contributed by atoms with Crippen molar-refractivity contribution in [3.63, 3.8) is 0 Å². The third kappa shape index (κ3) is 4.88. The van der Waals surface area contributed by atoms with E-state index in [9.17, 15) is 0 Å². The summed E-state index contributed by atoms with van der Waals surface area (Å²) < 4.78 is 0. The lowest BCUT2D eigenvalue weighted by atomic mass is 10.5. The van der Waals surface area contributed by atoms with Crippen molar-refractivity contribution in [3.05, 3.63) is 0 Å². The van der Waals surface area contributed by atoms with Crippen LogP contribution in [0.25, 0.3) is 0 Å². The summed E-state index contributed by atoms with van der Waals surface area (Å²) in [6.07, 6.45) is 0. The highest BCUT2D eigenvalue weighted by molar-refractivity contribution is 8.57. The van der Waals surface area contributed by atoms with Gasteiger partial charge in [-0.25, -0.2) is 0 Å². The summed E-state index contributed by atoms with van der Waals surface area (Å²) in [6.45, 7) is 26.0. The van der Waals surface area contributed by atoms with Crippen LogP contribution in [0.4, 0.5) is 0 Å². The molecule has 0 aliphatic heterocycles. The smallest absolute Gasteiger partial charge is 0.0728 e. The lowest BCUT2D eigenvalue weighted by Gasteiger charge is -2.48. The number of hydrogen-bond donors (Lipinski definition) is 0. The maximum atomic E-state index is 2.62. The fourth-order valence-electron chi connectivity index (χ4n) is 2.76. The van der Waals surface area contributed by atoms with E-state index >= 15 is 0 Å². The number of hydrogen-bond acceptors (Lipinski definition) is 0. The zero-order chi connectivity index (χ0) is 13.3. The van der Waals surface area contributed by atoms with Gasteiger partial charge in [0, 0.05) is 0 Å². The molecule has 0 heterocycles. The topological polar surface area (TPSA) is 0 Å². The first-order chi connectivity index (χ1) is 6.89. The minimum absolute atomic E-state index is 0.270. The average Bonchev–Trinajstić information content (AvgIpc) is 1.93. The lowest BCUT2D eigenvalue weighted by molar-refractivity contribution is 1.03. The highest BCUT2D eigenvalue weighted by Gasteiger charge is 2.43. The molecule has 0 unspecified atom stereocenters. The van der Waals surface area contributed by atoms with Gasteiger partial charge in [-0.05, 0) is 11.3 Å². The first-order valence-electron chi connectivity index (χ1n) is 6.47. The van der Waals surface area contributed by atoms with Gasteiger partial charge in [-0.1, -0.05) is 74.6 Å². The van der Waals surface area contributed by atoms with Gasteiger partial charge >= 0.3 is 0 Å². The Morgan fingerprint density at radius 3 is 0.938 bits per heavy atom. The van der Waals surface area contributed by atoms with Crippen molar-refractivity contribution in [1.29, 1.82) is 0 Å². The molecule has 0 aromatic heterocycles. The van der Waals surface area contributed by atoms with Gasteiger partial charge in [-0.3, -0.25) is 0 Å². The minimum atomic E-state index is -0.955. The Bertz CT molecular complexity index is 192. The van der Waals surface area contributed by atoms with Crippen LogP contribution in [-0.2, 0) is 0 Å². The van der Waals surface area contributed by atoms with Crippen LogP contribution in [0.1, 0.15) is 27.7 Å². The zero-order valence-corrected chi connectivity index (χ0v) is 16.8. The molecule has 0 fully saturated rings. The Morgan fingerprint density at radius 2 is 0.875 bits per heavy atom. The Kier molecular flexibility index (Phi) is 6.44. The van der Waals surface area contributed by atoms with Crippen LogP contribution in [0.2, 0.25) is 39.3 Å². The third-order valence-electron chi connectivity index (χ3n) is 2.56. The van der Waals surface area contributed by atoms with Crippen LogP contribution in [0.5, 0.6) is 0 Å². The molecule has 0 radical (unpaired) electrons. The molecular weight excluding hydrogens is 262 g/mol. The summed E-state index contributed by atoms with van der Waals surface area (Å²) in [5.41, 5.74) is 1.86. The average molecular weight is 295 g/mol. The van der Waals surface area contributed by atoms with Gasteiger partial charge in [-0.2, -0.15) is 0 Å². The van der Waals surface area contributed by atoms with E-state index < -0.39 is 15.5 Å². The fraction of sp³-hybridized carbons (Fsp3) is 1.00. The minimum Gasteiger partial charge on any atom is -0.105 e. The molecule has 0 aromatic carbocycles. The van der Waals surface area contributed by atoms with Gasteiger partial charge in [0.2, 0.25) is 0 Å². The van der Waals surface area contributed by atoms with Crippen molar-refractivity contribution >= 4 is 29.8 Å². The molecule has 0 bridgehead atoms. The normalized spacial score (nSPS) is 14.6. The van der Waals surface area contributed by atoms with Crippen LogP contribution >= 0.6 is 14.3 Å². The molecule has 0 amide bonds. The largest absolute Gasteiger partial charge is 0.105 e. The van der Waals surface area contributed by atoms with Crippen LogP contribution in [-0.4, -0.2) is 26.8 Å².